The second-order valence-electron chi connectivity index (χ2n) is 3.30. The highest BCUT2D eigenvalue weighted by atomic mass is 32.2. The van der Waals surface area contributed by atoms with E-state index in [9.17, 15) is 8.42 Å². The highest BCUT2D eigenvalue weighted by Crippen LogP contribution is 2.21. The van der Waals surface area contributed by atoms with Crippen molar-refractivity contribution in [2.45, 2.75) is 44.3 Å². The van der Waals surface area contributed by atoms with Crippen LogP contribution >= 0.6 is 0 Å². The Kier molecular flexibility index (Phi) is 3.32. The normalized spacial score (nSPS) is 27.2. The molecule has 1 rings (SSSR count). The van der Waals surface area contributed by atoms with E-state index in [1.165, 1.54) is 5.41 Å². The summed E-state index contributed by atoms with van der Waals surface area (Å²) in [7, 11) is -2.88. The molecule has 1 unspecified atom stereocenters. The zero-order valence-electron chi connectivity index (χ0n) is 7.49. The third-order valence-corrected chi connectivity index (χ3v) is 4.26. The van der Waals surface area contributed by atoms with Crippen LogP contribution in [-0.4, -0.2) is 13.7 Å². The standard InChI is InChI=1S/C9H16O2S/c1-2-3-6-9-7-4-5-8-12(9,10)11/h5,8-9H,2-4,6-7H2,1H3. The first kappa shape index (κ1) is 9.78. The molecule has 2 nitrogen and oxygen atoms in total. The highest BCUT2D eigenvalue weighted by Gasteiger charge is 2.23. The average Bonchev–Trinajstić information content (AvgIpc) is 2.02. The van der Waals surface area contributed by atoms with Crippen LogP contribution in [0.4, 0.5) is 0 Å². The number of hydrogen-bond acceptors (Lipinski definition) is 2. The molecule has 1 atom stereocenters. The minimum Gasteiger partial charge on any atom is -0.224 e. The van der Waals surface area contributed by atoms with Crippen LogP contribution in [0.2, 0.25) is 0 Å². The van der Waals surface area contributed by atoms with Crippen LogP contribution in [-0.2, 0) is 9.84 Å². The smallest absolute Gasteiger partial charge is 0.174 e. The molecule has 70 valence electrons. The molecule has 1 aliphatic rings. The molecule has 0 N–H and O–H groups in total. The molecule has 0 amide bonds. The first-order valence-corrected chi connectivity index (χ1v) is 6.18. The summed E-state index contributed by atoms with van der Waals surface area (Å²) in [6.45, 7) is 2.09. The van der Waals surface area contributed by atoms with E-state index in [1.807, 2.05) is 0 Å². The van der Waals surface area contributed by atoms with Gasteiger partial charge >= 0.3 is 0 Å². The minimum atomic E-state index is -2.88. The van der Waals surface area contributed by atoms with Gasteiger partial charge in [-0.25, -0.2) is 8.42 Å². The van der Waals surface area contributed by atoms with Crippen LogP contribution in [0.3, 0.4) is 0 Å². The van der Waals surface area contributed by atoms with Crippen LogP contribution in [0.5, 0.6) is 0 Å². The molecule has 0 saturated heterocycles. The Labute approximate surface area is 74.6 Å². The quantitative estimate of drug-likeness (QED) is 0.681. The van der Waals surface area contributed by atoms with E-state index >= 15 is 0 Å². The number of allylic oxidation sites excluding steroid dienone is 1. The van der Waals surface area contributed by atoms with Crippen molar-refractivity contribution in [1.82, 2.24) is 0 Å². The predicted octanol–water partition coefficient (Wildman–Crippen LogP) is 2.27. The molecule has 0 aromatic carbocycles. The van der Waals surface area contributed by atoms with Gasteiger partial charge in [0.1, 0.15) is 0 Å². The lowest BCUT2D eigenvalue weighted by Gasteiger charge is -2.17. The molecular weight excluding hydrogens is 172 g/mol. The van der Waals surface area contributed by atoms with Gasteiger partial charge in [0.25, 0.3) is 0 Å². The van der Waals surface area contributed by atoms with E-state index in [1.54, 1.807) is 6.08 Å². The topological polar surface area (TPSA) is 34.1 Å². The zero-order chi connectivity index (χ0) is 9.03. The summed E-state index contributed by atoms with van der Waals surface area (Å²) in [6, 6.07) is 0. The SMILES string of the molecule is CCCCC1CCC=CS1(=O)=O. The van der Waals surface area contributed by atoms with Crippen LogP contribution in [0, 0.1) is 0 Å². The number of sulfone groups is 1. The van der Waals surface area contributed by atoms with Gasteiger partial charge in [-0.2, -0.15) is 0 Å². The maximum absolute atomic E-state index is 11.4. The third-order valence-electron chi connectivity index (χ3n) is 2.29. The summed E-state index contributed by atoms with van der Waals surface area (Å²) in [4.78, 5) is 0. The van der Waals surface area contributed by atoms with Crippen molar-refractivity contribution in [1.29, 1.82) is 0 Å². The van der Waals surface area contributed by atoms with Gasteiger partial charge in [0.15, 0.2) is 9.84 Å². The third kappa shape index (κ3) is 2.34. The number of unbranched alkanes of at least 4 members (excludes halogenated alkanes) is 1. The molecule has 0 radical (unpaired) electrons. The molecular formula is C9H16O2S. The molecule has 0 aromatic heterocycles. The molecule has 12 heavy (non-hydrogen) atoms. The van der Waals surface area contributed by atoms with Crippen LogP contribution in [0.1, 0.15) is 39.0 Å². The molecule has 0 aromatic rings. The fraction of sp³-hybridized carbons (Fsp3) is 0.778. The van der Waals surface area contributed by atoms with Gasteiger partial charge in [-0.1, -0.05) is 25.8 Å². The zero-order valence-corrected chi connectivity index (χ0v) is 8.31. The lowest BCUT2D eigenvalue weighted by molar-refractivity contribution is 0.555. The van der Waals surface area contributed by atoms with E-state index in [4.69, 9.17) is 0 Å². The Morgan fingerprint density at radius 3 is 2.83 bits per heavy atom. The Morgan fingerprint density at radius 2 is 2.25 bits per heavy atom. The maximum atomic E-state index is 11.4. The summed E-state index contributed by atoms with van der Waals surface area (Å²) < 4.78 is 22.8. The molecule has 0 aliphatic carbocycles. The summed E-state index contributed by atoms with van der Waals surface area (Å²) >= 11 is 0. The van der Waals surface area contributed by atoms with Gasteiger partial charge < -0.3 is 0 Å². The fourth-order valence-corrected chi connectivity index (χ4v) is 3.09. The Hall–Kier alpha value is -0.310. The van der Waals surface area contributed by atoms with Gasteiger partial charge in [-0.15, -0.1) is 0 Å². The van der Waals surface area contributed by atoms with Gasteiger partial charge in [-0.3, -0.25) is 0 Å². The minimum absolute atomic E-state index is 0.0950. The van der Waals surface area contributed by atoms with Crippen LogP contribution in [0.15, 0.2) is 11.5 Å². The molecule has 0 spiro atoms. The average molecular weight is 188 g/mol. The highest BCUT2D eigenvalue weighted by molar-refractivity contribution is 7.94. The summed E-state index contributed by atoms with van der Waals surface area (Å²) in [5.41, 5.74) is 0. The first-order chi connectivity index (χ1) is 5.67. The van der Waals surface area contributed by atoms with Gasteiger partial charge in [0, 0.05) is 5.41 Å². The summed E-state index contributed by atoms with van der Waals surface area (Å²) in [6.07, 6.45) is 6.45. The first-order valence-electron chi connectivity index (χ1n) is 4.57. The van der Waals surface area contributed by atoms with Crippen molar-refractivity contribution in [3.05, 3.63) is 11.5 Å². The lowest BCUT2D eigenvalue weighted by atomic mass is 10.1. The molecule has 0 saturated carbocycles. The van der Waals surface area contributed by atoms with Crippen molar-refractivity contribution in [3.8, 4) is 0 Å². The van der Waals surface area contributed by atoms with Crippen molar-refractivity contribution in [2.24, 2.45) is 0 Å². The van der Waals surface area contributed by atoms with E-state index in [0.29, 0.717) is 0 Å². The second kappa shape index (κ2) is 4.08. The Balaban J connectivity index is 2.59. The monoisotopic (exact) mass is 188 g/mol. The van der Waals surface area contributed by atoms with Crippen molar-refractivity contribution >= 4 is 9.84 Å². The van der Waals surface area contributed by atoms with Gasteiger partial charge in [0.05, 0.1) is 5.25 Å². The number of rotatable bonds is 3. The lowest BCUT2D eigenvalue weighted by Crippen LogP contribution is -2.21. The maximum Gasteiger partial charge on any atom is 0.174 e. The molecule has 0 bridgehead atoms. The van der Waals surface area contributed by atoms with Crippen molar-refractivity contribution < 1.29 is 8.42 Å². The predicted molar refractivity (Wildman–Crippen MR) is 50.6 cm³/mol. The summed E-state index contributed by atoms with van der Waals surface area (Å²) in [5, 5.41) is 1.29. The molecule has 0 fully saturated rings. The van der Waals surface area contributed by atoms with Crippen molar-refractivity contribution in [3.63, 3.8) is 0 Å². The van der Waals surface area contributed by atoms with E-state index < -0.39 is 9.84 Å². The Bertz CT molecular complexity index is 252. The van der Waals surface area contributed by atoms with E-state index in [0.717, 1.165) is 32.1 Å². The van der Waals surface area contributed by atoms with Crippen molar-refractivity contribution in [2.75, 3.05) is 0 Å². The molecule has 1 heterocycles. The molecule has 1 aliphatic heterocycles. The molecule has 3 heteroatoms. The van der Waals surface area contributed by atoms with E-state index in [-0.39, 0.29) is 5.25 Å². The van der Waals surface area contributed by atoms with Crippen LogP contribution < -0.4 is 0 Å². The summed E-state index contributed by atoms with van der Waals surface area (Å²) in [5.74, 6) is 0. The Morgan fingerprint density at radius 1 is 1.50 bits per heavy atom. The van der Waals surface area contributed by atoms with E-state index in [2.05, 4.69) is 6.92 Å². The fourth-order valence-electron chi connectivity index (χ4n) is 1.50. The van der Waals surface area contributed by atoms with Crippen LogP contribution in [0.25, 0.3) is 0 Å². The van der Waals surface area contributed by atoms with Gasteiger partial charge in [0.2, 0.25) is 0 Å². The largest absolute Gasteiger partial charge is 0.224 e. The number of hydrogen-bond donors (Lipinski definition) is 0. The second-order valence-corrected chi connectivity index (χ2v) is 5.42. The van der Waals surface area contributed by atoms with Gasteiger partial charge in [-0.05, 0) is 19.3 Å².